The second-order valence-corrected chi connectivity index (χ2v) is 19.6. The van der Waals surface area contributed by atoms with E-state index in [1.54, 1.807) is 0 Å². The smallest absolute Gasteiger partial charge is 0.366 e. The van der Waals surface area contributed by atoms with Crippen LogP contribution in [0.2, 0.25) is 0 Å². The summed E-state index contributed by atoms with van der Waals surface area (Å²) in [7, 11) is 2.48. The molecule has 0 radical (unpaired) electrons. The number of aryl methyl sites for hydroxylation is 2. The van der Waals surface area contributed by atoms with Gasteiger partial charge in [-0.3, -0.25) is 11.8 Å². The van der Waals surface area contributed by atoms with Crippen LogP contribution in [-0.2, 0) is 58.9 Å². The monoisotopic (exact) mass is 1190 g/mol. The van der Waals surface area contributed by atoms with Crippen LogP contribution < -0.4 is 15.9 Å². The second kappa shape index (κ2) is 23.2. The molecule has 7 aromatic carbocycles. The Balaban J connectivity index is 0.000000179. The van der Waals surface area contributed by atoms with Gasteiger partial charge in [-0.25, -0.2) is 0 Å². The van der Waals surface area contributed by atoms with Crippen molar-refractivity contribution in [3.63, 3.8) is 0 Å². The summed E-state index contributed by atoms with van der Waals surface area (Å²) in [4.78, 5) is 0. The zero-order valence-electron chi connectivity index (χ0n) is 34.0. The molecular weight excluding hydrogens is 1140 g/mol. The number of fused-ring (bicyclic) bond motifs is 6. The summed E-state index contributed by atoms with van der Waals surface area (Å²) in [6, 6.07) is 61.7. The van der Waals surface area contributed by atoms with E-state index in [-0.39, 0.29) is 44.8 Å². The predicted octanol–water partition coefficient (Wildman–Crippen LogP) is 12.1. The molecule has 0 bridgehead atoms. The summed E-state index contributed by atoms with van der Waals surface area (Å²) in [5, 5.41) is 9.30. The molecule has 2 heterocycles. The first-order chi connectivity index (χ1) is 29.0. The summed E-state index contributed by atoms with van der Waals surface area (Å²) in [6.45, 7) is 3.76. The van der Waals surface area contributed by atoms with E-state index < -0.39 is 15.8 Å². The van der Waals surface area contributed by atoms with Gasteiger partial charge in [0, 0.05) is 46.9 Å². The first kappa shape index (κ1) is 46.9. The van der Waals surface area contributed by atoms with Gasteiger partial charge in [-0.2, -0.15) is 0 Å². The van der Waals surface area contributed by atoms with Crippen molar-refractivity contribution in [2.24, 2.45) is 14.1 Å². The molecule has 0 saturated carbocycles. The van der Waals surface area contributed by atoms with E-state index in [1.807, 2.05) is 72.8 Å². The molecule has 0 aliphatic rings. The standard InChI is InChI=1S/C25H24P2.2C15H10N.2Au/c1-2-3-4-14-21-26(23-15-8-5-9-16-23)22-27(24-17-10-6-11-18-24)25-19-12-7-13-20-25;2*1-3-11-8-9-15-13(10-11)12-6-4-5-7-14(12)16(15)2;;/h2-21H,1,22H2;2*4-10H,2H3;;/q;2*-1;2*+1/p+2/b4-3-,21-14+;;;;. The van der Waals surface area contributed by atoms with E-state index in [0.29, 0.717) is 0 Å². The first-order valence-corrected chi connectivity index (χ1v) is 23.1. The van der Waals surface area contributed by atoms with Gasteiger partial charge in [0.25, 0.3) is 0 Å². The Labute approximate surface area is 394 Å². The molecule has 9 rings (SSSR count). The Bertz CT molecular complexity index is 2820. The molecular formula is C55H46Au2N2P2+2. The average molecular weight is 1190 g/mol. The molecule has 61 heavy (non-hydrogen) atoms. The molecule has 0 amide bonds. The number of para-hydroxylation sites is 2. The van der Waals surface area contributed by atoms with E-state index in [2.05, 4.69) is 175 Å². The molecule has 1 atom stereocenters. The Morgan fingerprint density at radius 3 is 1.30 bits per heavy atom. The van der Waals surface area contributed by atoms with Gasteiger partial charge >= 0.3 is 44.8 Å². The van der Waals surface area contributed by atoms with Gasteiger partial charge in [-0.05, 0) is 65.4 Å². The Hall–Kier alpha value is -5.18. The maximum absolute atomic E-state index is 7.18. The number of rotatable bonds is 8. The Morgan fingerprint density at radius 2 is 0.869 bits per heavy atom. The summed E-state index contributed by atoms with van der Waals surface area (Å²) >= 11 is 0. The molecule has 2 aromatic heterocycles. The van der Waals surface area contributed by atoms with Gasteiger partial charge in [0.05, 0.1) is 19.0 Å². The molecule has 306 valence electrons. The zero-order chi connectivity index (χ0) is 41.0. The van der Waals surface area contributed by atoms with Crippen molar-refractivity contribution >= 4 is 75.4 Å². The van der Waals surface area contributed by atoms with Crippen LogP contribution in [0.4, 0.5) is 0 Å². The van der Waals surface area contributed by atoms with Crippen LogP contribution in [-0.4, -0.2) is 15.0 Å². The Kier molecular flexibility index (Phi) is 17.8. The van der Waals surface area contributed by atoms with Crippen LogP contribution in [0, 0.1) is 24.7 Å². The van der Waals surface area contributed by atoms with Crippen LogP contribution in [0.15, 0.2) is 213 Å². The fraction of sp³-hybridized carbons (Fsp3) is 0.0545. The maximum Gasteiger partial charge on any atom is 1.00 e. The molecule has 2 nitrogen and oxygen atoms in total. The van der Waals surface area contributed by atoms with Gasteiger partial charge in [-0.1, -0.05) is 128 Å². The minimum atomic E-state index is -0.838. The quantitative estimate of drug-likeness (QED) is 0.0472. The van der Waals surface area contributed by atoms with Crippen LogP contribution in [0.1, 0.15) is 11.1 Å². The maximum atomic E-state index is 7.18. The molecule has 1 unspecified atom stereocenters. The number of hydrogen-bond acceptors (Lipinski definition) is 0. The van der Waals surface area contributed by atoms with Crippen molar-refractivity contribution in [2.75, 3.05) is 5.90 Å². The van der Waals surface area contributed by atoms with E-state index in [1.165, 1.54) is 65.4 Å². The number of nitrogens with zero attached hydrogens (tertiary/aromatic N) is 2. The molecule has 9 aromatic rings. The molecule has 0 N–H and O–H groups in total. The third-order valence-corrected chi connectivity index (χ3v) is 17.2. The second-order valence-electron chi connectivity index (χ2n) is 14.1. The Morgan fingerprint density at radius 1 is 0.475 bits per heavy atom. The van der Waals surface area contributed by atoms with Crippen LogP contribution in [0.3, 0.4) is 0 Å². The van der Waals surface area contributed by atoms with Crippen molar-refractivity contribution in [1.29, 1.82) is 0 Å². The van der Waals surface area contributed by atoms with Gasteiger partial charge in [0.2, 0.25) is 0 Å². The van der Waals surface area contributed by atoms with E-state index in [4.69, 9.17) is 12.8 Å². The van der Waals surface area contributed by atoms with Crippen molar-refractivity contribution in [2.45, 2.75) is 0 Å². The van der Waals surface area contributed by atoms with E-state index >= 15 is 0 Å². The number of aromatic nitrogens is 2. The van der Waals surface area contributed by atoms with Crippen LogP contribution in [0.5, 0.6) is 0 Å². The van der Waals surface area contributed by atoms with Gasteiger partial charge < -0.3 is 22.0 Å². The molecule has 6 heteroatoms. The van der Waals surface area contributed by atoms with Crippen molar-refractivity contribution in [3.05, 3.63) is 237 Å². The van der Waals surface area contributed by atoms with E-state index in [9.17, 15) is 0 Å². The summed E-state index contributed by atoms with van der Waals surface area (Å²) in [5.74, 6) is 8.52. The largest absolute Gasteiger partial charge is 1.00 e. The fourth-order valence-electron chi connectivity index (χ4n) is 7.56. The minimum absolute atomic E-state index is 0. The van der Waals surface area contributed by atoms with Gasteiger partial charge in [0.1, 0.15) is 18.5 Å². The van der Waals surface area contributed by atoms with Crippen molar-refractivity contribution in [1.82, 2.24) is 9.13 Å². The van der Waals surface area contributed by atoms with Crippen LogP contribution in [0.25, 0.3) is 43.6 Å². The number of allylic oxidation sites excluding steroid dienone is 4. The van der Waals surface area contributed by atoms with Crippen molar-refractivity contribution < 1.29 is 44.8 Å². The molecule has 0 saturated heterocycles. The third kappa shape index (κ3) is 11.2. The summed E-state index contributed by atoms with van der Waals surface area (Å²) in [5.41, 5.74) is 6.48. The van der Waals surface area contributed by atoms with Crippen LogP contribution >= 0.6 is 15.8 Å². The zero-order valence-corrected chi connectivity index (χ0v) is 40.4. The average Bonchev–Trinajstić information content (AvgIpc) is 3.76. The van der Waals surface area contributed by atoms with Gasteiger partial charge in [0.15, 0.2) is 5.90 Å². The van der Waals surface area contributed by atoms with E-state index in [0.717, 1.165) is 11.1 Å². The molecule has 0 aliphatic carbocycles. The summed E-state index contributed by atoms with van der Waals surface area (Å²) in [6.07, 6.45) is 22.4. The van der Waals surface area contributed by atoms with Crippen molar-refractivity contribution in [3.8, 4) is 11.8 Å². The minimum Gasteiger partial charge on any atom is -0.366 e. The number of benzene rings is 7. The summed E-state index contributed by atoms with van der Waals surface area (Å²) < 4.78 is 4.36. The first-order valence-electron chi connectivity index (χ1n) is 19.6. The molecule has 0 fully saturated rings. The predicted molar refractivity (Wildman–Crippen MR) is 262 cm³/mol. The normalized spacial score (nSPS) is 11.2. The topological polar surface area (TPSA) is 9.86 Å². The van der Waals surface area contributed by atoms with Gasteiger partial charge in [-0.15, -0.1) is 35.4 Å². The third-order valence-electron chi connectivity index (χ3n) is 10.5. The molecule has 0 spiro atoms. The number of hydrogen-bond donors (Lipinski definition) is 0. The fourth-order valence-corrected chi connectivity index (χ4v) is 14.7. The molecule has 0 aliphatic heterocycles. The SMILES string of the molecule is C=C/C=C\C=C\[PH+](C[PH+](c1ccccc1)c1ccccc1)c1ccccc1.[Au+].[Au+].[C-]#Cc1ccc2c(c1)c1ccccc1n2C.[C-]#Cc1ccc2c(c1)c1ccccc1n2C.